The van der Waals surface area contributed by atoms with Crippen LogP contribution < -0.4 is 4.90 Å². The second kappa shape index (κ2) is 7.83. The van der Waals surface area contributed by atoms with Crippen molar-refractivity contribution in [2.75, 3.05) is 32.7 Å². The number of nitrogens with one attached hydrogen (secondary N) is 1. The Hall–Kier alpha value is -1.47. The molecule has 1 aliphatic heterocycles. The molecular weight excluding hydrogens is 363 g/mol. The fourth-order valence-electron chi connectivity index (χ4n) is 3.04. The summed E-state index contributed by atoms with van der Waals surface area (Å²) in [6, 6.07) is 13.8. The molecule has 134 valence electrons. The maximum atomic E-state index is 13.3. The van der Waals surface area contributed by atoms with E-state index in [2.05, 4.69) is 12.1 Å². The third kappa shape index (κ3) is 4.39. The predicted octanol–water partition coefficient (Wildman–Crippen LogP) is 1.61. The number of nitrogens with zero attached hydrogens (tertiary/aromatic N) is 1. The minimum absolute atomic E-state index is 0.0478. The van der Waals surface area contributed by atoms with Gasteiger partial charge < -0.3 is 4.90 Å². The van der Waals surface area contributed by atoms with E-state index in [0.29, 0.717) is 13.1 Å². The van der Waals surface area contributed by atoms with Gasteiger partial charge in [-0.25, -0.2) is 12.8 Å². The van der Waals surface area contributed by atoms with Crippen LogP contribution in [0.2, 0.25) is 5.02 Å². The smallest absolute Gasteiger partial charge is 0.243 e. The SMILES string of the molecule is O=S(=O)(c1ccc(F)c(Cl)c1)N1CC[NH+](CCc2ccccc2)CC1. The molecule has 0 unspecified atom stereocenters. The van der Waals surface area contributed by atoms with E-state index in [9.17, 15) is 12.8 Å². The number of rotatable bonds is 5. The second-order valence-electron chi connectivity index (χ2n) is 6.22. The van der Waals surface area contributed by atoms with Crippen LogP contribution in [0.25, 0.3) is 0 Å². The molecule has 4 nitrogen and oxygen atoms in total. The molecule has 1 N–H and O–H groups in total. The first-order valence-corrected chi connectivity index (χ1v) is 10.1. The largest absolute Gasteiger partial charge is 0.332 e. The van der Waals surface area contributed by atoms with Gasteiger partial charge in [0.1, 0.15) is 5.82 Å². The zero-order chi connectivity index (χ0) is 17.9. The van der Waals surface area contributed by atoms with Crippen LogP contribution in [-0.2, 0) is 16.4 Å². The first-order valence-electron chi connectivity index (χ1n) is 8.29. The maximum Gasteiger partial charge on any atom is 0.243 e. The van der Waals surface area contributed by atoms with Crippen molar-refractivity contribution in [2.24, 2.45) is 0 Å². The van der Waals surface area contributed by atoms with E-state index in [1.165, 1.54) is 26.9 Å². The molecule has 2 aromatic carbocycles. The number of sulfonamides is 1. The van der Waals surface area contributed by atoms with Crippen LogP contribution in [0, 0.1) is 5.82 Å². The molecule has 25 heavy (non-hydrogen) atoms. The fourth-order valence-corrected chi connectivity index (χ4v) is 4.76. The Bertz CT molecular complexity index is 822. The topological polar surface area (TPSA) is 41.8 Å². The lowest BCUT2D eigenvalue weighted by Crippen LogP contribution is -3.15. The Morgan fingerprint density at radius 3 is 2.40 bits per heavy atom. The highest BCUT2D eigenvalue weighted by atomic mass is 35.5. The quantitative estimate of drug-likeness (QED) is 0.852. The lowest BCUT2D eigenvalue weighted by Gasteiger charge is -2.31. The molecule has 0 aromatic heterocycles. The average Bonchev–Trinajstić information content (AvgIpc) is 2.63. The summed E-state index contributed by atoms with van der Waals surface area (Å²) in [6.45, 7) is 3.44. The number of benzene rings is 2. The summed E-state index contributed by atoms with van der Waals surface area (Å²) in [7, 11) is -3.62. The molecule has 2 aromatic rings. The minimum Gasteiger partial charge on any atom is -0.332 e. The lowest BCUT2D eigenvalue weighted by molar-refractivity contribution is -0.903. The lowest BCUT2D eigenvalue weighted by atomic mass is 10.1. The van der Waals surface area contributed by atoms with Gasteiger partial charge in [0.25, 0.3) is 0 Å². The summed E-state index contributed by atoms with van der Waals surface area (Å²) >= 11 is 5.72. The van der Waals surface area contributed by atoms with Gasteiger partial charge in [-0.3, -0.25) is 0 Å². The highest BCUT2D eigenvalue weighted by molar-refractivity contribution is 7.89. The maximum absolute atomic E-state index is 13.3. The fraction of sp³-hybridized carbons (Fsp3) is 0.333. The monoisotopic (exact) mass is 383 g/mol. The van der Waals surface area contributed by atoms with Crippen molar-refractivity contribution in [3.8, 4) is 0 Å². The van der Waals surface area contributed by atoms with Gasteiger partial charge in [0.05, 0.1) is 42.6 Å². The molecule has 0 spiro atoms. The molecule has 0 bridgehead atoms. The van der Waals surface area contributed by atoms with Crippen LogP contribution in [-0.4, -0.2) is 45.4 Å². The third-order valence-electron chi connectivity index (χ3n) is 4.57. The van der Waals surface area contributed by atoms with Crippen LogP contribution in [0.5, 0.6) is 0 Å². The third-order valence-corrected chi connectivity index (χ3v) is 6.75. The summed E-state index contributed by atoms with van der Waals surface area (Å²) in [6.07, 6.45) is 0.983. The Morgan fingerprint density at radius 1 is 1.08 bits per heavy atom. The Labute approximate surface area is 152 Å². The van der Waals surface area contributed by atoms with Gasteiger partial charge >= 0.3 is 0 Å². The Balaban J connectivity index is 1.58. The van der Waals surface area contributed by atoms with Crippen molar-refractivity contribution in [2.45, 2.75) is 11.3 Å². The summed E-state index contributed by atoms with van der Waals surface area (Å²) in [4.78, 5) is 1.44. The molecule has 0 amide bonds. The van der Waals surface area contributed by atoms with Crippen LogP contribution in [0.15, 0.2) is 53.4 Å². The molecule has 7 heteroatoms. The molecule has 1 saturated heterocycles. The highest BCUT2D eigenvalue weighted by Gasteiger charge is 2.30. The van der Waals surface area contributed by atoms with Crippen LogP contribution in [0.4, 0.5) is 4.39 Å². The summed E-state index contributed by atoms with van der Waals surface area (Å²) in [5, 5.41) is -0.173. The Kier molecular flexibility index (Phi) is 5.74. The van der Waals surface area contributed by atoms with E-state index >= 15 is 0 Å². The number of piperazine rings is 1. The summed E-state index contributed by atoms with van der Waals surface area (Å²) < 4.78 is 40.1. The number of hydrogen-bond acceptors (Lipinski definition) is 2. The average molecular weight is 384 g/mol. The van der Waals surface area contributed by atoms with E-state index in [1.54, 1.807) is 0 Å². The molecule has 0 saturated carbocycles. The highest BCUT2D eigenvalue weighted by Crippen LogP contribution is 2.22. The molecule has 0 radical (unpaired) electrons. The van der Waals surface area contributed by atoms with Crippen molar-refractivity contribution in [3.63, 3.8) is 0 Å². The van der Waals surface area contributed by atoms with Crippen molar-refractivity contribution in [1.29, 1.82) is 0 Å². The first-order chi connectivity index (χ1) is 12.0. The normalized spacial score (nSPS) is 16.9. The number of hydrogen-bond donors (Lipinski definition) is 1. The zero-order valence-corrected chi connectivity index (χ0v) is 15.4. The van der Waals surface area contributed by atoms with Crippen molar-refractivity contribution < 1.29 is 17.7 Å². The number of quaternary nitrogens is 1. The molecule has 0 atom stereocenters. The van der Waals surface area contributed by atoms with Crippen molar-refractivity contribution >= 4 is 21.6 Å². The first kappa shape index (κ1) is 18.3. The van der Waals surface area contributed by atoms with Crippen LogP contribution >= 0.6 is 11.6 Å². The summed E-state index contributed by atoms with van der Waals surface area (Å²) in [5.74, 6) is -0.615. The molecular formula is C18H21ClFN2O2S+. The van der Waals surface area contributed by atoms with E-state index in [-0.39, 0.29) is 9.92 Å². The van der Waals surface area contributed by atoms with Gasteiger partial charge in [-0.05, 0) is 23.8 Å². The van der Waals surface area contributed by atoms with Crippen LogP contribution in [0.1, 0.15) is 5.56 Å². The zero-order valence-electron chi connectivity index (χ0n) is 13.8. The molecule has 0 aliphatic carbocycles. The van der Waals surface area contributed by atoms with Crippen molar-refractivity contribution in [1.82, 2.24) is 4.31 Å². The van der Waals surface area contributed by atoms with E-state index in [0.717, 1.165) is 32.1 Å². The van der Waals surface area contributed by atoms with Gasteiger partial charge in [-0.15, -0.1) is 0 Å². The van der Waals surface area contributed by atoms with Crippen molar-refractivity contribution in [3.05, 3.63) is 64.9 Å². The number of halogens is 2. The van der Waals surface area contributed by atoms with E-state index in [4.69, 9.17) is 11.6 Å². The molecule has 1 fully saturated rings. The molecule has 1 heterocycles. The van der Waals surface area contributed by atoms with Gasteiger partial charge in [0.15, 0.2) is 0 Å². The van der Waals surface area contributed by atoms with Gasteiger partial charge in [0.2, 0.25) is 10.0 Å². The second-order valence-corrected chi connectivity index (χ2v) is 8.56. The minimum atomic E-state index is -3.62. The predicted molar refractivity (Wildman–Crippen MR) is 95.9 cm³/mol. The standard InChI is InChI=1S/C18H20ClFN2O2S/c19-17-14-16(6-7-18(17)20)25(23,24)22-12-10-21(11-13-22)9-8-15-4-2-1-3-5-15/h1-7,14H,8-13H2/p+1. The summed E-state index contributed by atoms with van der Waals surface area (Å²) in [5.41, 5.74) is 1.30. The van der Waals surface area contributed by atoms with Gasteiger partial charge in [-0.2, -0.15) is 4.31 Å². The van der Waals surface area contributed by atoms with Crippen LogP contribution in [0.3, 0.4) is 0 Å². The van der Waals surface area contributed by atoms with Gasteiger partial charge in [-0.1, -0.05) is 41.9 Å². The molecule has 3 rings (SSSR count). The molecule has 1 aliphatic rings. The van der Waals surface area contributed by atoms with Gasteiger partial charge in [0, 0.05) is 6.42 Å². The van der Waals surface area contributed by atoms with E-state index < -0.39 is 15.8 Å². The van der Waals surface area contributed by atoms with E-state index in [1.807, 2.05) is 18.2 Å². The Morgan fingerprint density at radius 2 is 1.76 bits per heavy atom.